The summed E-state index contributed by atoms with van der Waals surface area (Å²) in [5.41, 5.74) is 1.26. The molecule has 3 aromatic rings. The van der Waals surface area contributed by atoms with Crippen LogP contribution in [0, 0.1) is 12.7 Å². The normalized spacial score (nSPS) is 17.9. The molecule has 0 bridgehead atoms. The summed E-state index contributed by atoms with van der Waals surface area (Å²) in [6.45, 7) is 2.78. The standard InChI is InChI=1S/C22H21FN4O3S2/c1-13-3-4-14(9-17(13)23)22(20-24-12-25-32-20)7-8-27(11-22)21(31)26-18-10-15(30-2)5-6-16(18)19(28)29/h3-6,9-10,12H,7-8,11H2,1-2H3,(H,26,31)(H,28,29)/t22-/m0/s1. The number of nitrogens with one attached hydrogen (secondary N) is 1. The van der Waals surface area contributed by atoms with E-state index in [2.05, 4.69) is 14.7 Å². The molecule has 0 saturated carbocycles. The Kier molecular flexibility index (Phi) is 6.07. The largest absolute Gasteiger partial charge is 0.497 e. The van der Waals surface area contributed by atoms with Gasteiger partial charge in [0.2, 0.25) is 0 Å². The maximum Gasteiger partial charge on any atom is 0.337 e. The Bertz CT molecular complexity index is 1170. The van der Waals surface area contributed by atoms with Crippen LogP contribution in [0.3, 0.4) is 0 Å². The van der Waals surface area contributed by atoms with Gasteiger partial charge in [0.05, 0.1) is 23.8 Å². The van der Waals surface area contributed by atoms with Gasteiger partial charge in [-0.3, -0.25) is 0 Å². The Morgan fingerprint density at radius 1 is 1.34 bits per heavy atom. The molecule has 2 N–H and O–H groups in total. The van der Waals surface area contributed by atoms with Crippen LogP contribution in [0.2, 0.25) is 0 Å². The number of hydrogen-bond acceptors (Lipinski definition) is 6. The van der Waals surface area contributed by atoms with Crippen LogP contribution in [-0.2, 0) is 5.41 Å². The Labute approximate surface area is 194 Å². The van der Waals surface area contributed by atoms with Crippen molar-refractivity contribution in [2.75, 3.05) is 25.5 Å². The van der Waals surface area contributed by atoms with E-state index in [0.29, 0.717) is 41.6 Å². The lowest BCUT2D eigenvalue weighted by Gasteiger charge is -2.29. The second-order valence-corrected chi connectivity index (χ2v) is 8.78. The number of methoxy groups -OCH3 is 1. The minimum atomic E-state index is -1.07. The minimum Gasteiger partial charge on any atom is -0.497 e. The Morgan fingerprint density at radius 3 is 2.81 bits per heavy atom. The number of benzene rings is 2. The summed E-state index contributed by atoms with van der Waals surface area (Å²) in [6.07, 6.45) is 2.16. The van der Waals surface area contributed by atoms with Crippen LogP contribution in [-0.4, -0.2) is 50.6 Å². The molecule has 0 aliphatic carbocycles. The third-order valence-corrected chi connectivity index (χ3v) is 6.98. The Balaban J connectivity index is 1.64. The van der Waals surface area contributed by atoms with Gasteiger partial charge in [0, 0.05) is 19.2 Å². The van der Waals surface area contributed by atoms with Gasteiger partial charge in [-0.2, -0.15) is 4.37 Å². The fourth-order valence-corrected chi connectivity index (χ4v) is 4.94. The number of nitrogens with zero attached hydrogens (tertiary/aromatic N) is 3. The van der Waals surface area contributed by atoms with Crippen molar-refractivity contribution >= 4 is 40.5 Å². The number of aryl methyl sites for hydroxylation is 1. The number of anilines is 1. The van der Waals surface area contributed by atoms with E-state index >= 15 is 0 Å². The molecule has 1 aliphatic rings. The second kappa shape index (κ2) is 8.79. The fourth-order valence-electron chi connectivity index (χ4n) is 3.93. The number of hydrogen-bond donors (Lipinski definition) is 2. The summed E-state index contributed by atoms with van der Waals surface area (Å²) in [4.78, 5) is 18.0. The first-order chi connectivity index (χ1) is 15.3. The third kappa shape index (κ3) is 4.03. The van der Waals surface area contributed by atoms with Crippen molar-refractivity contribution in [3.8, 4) is 5.75 Å². The maximum atomic E-state index is 14.4. The van der Waals surface area contributed by atoms with Crippen molar-refractivity contribution in [3.05, 3.63) is 70.2 Å². The highest BCUT2D eigenvalue weighted by molar-refractivity contribution is 7.80. The topological polar surface area (TPSA) is 87.6 Å². The number of halogens is 1. The average molecular weight is 473 g/mol. The van der Waals surface area contributed by atoms with Gasteiger partial charge < -0.3 is 20.1 Å². The highest BCUT2D eigenvalue weighted by Crippen LogP contribution is 2.42. The van der Waals surface area contributed by atoms with Crippen molar-refractivity contribution < 1.29 is 19.0 Å². The van der Waals surface area contributed by atoms with E-state index in [1.54, 1.807) is 31.2 Å². The molecule has 2 aromatic carbocycles. The molecule has 0 unspecified atom stereocenters. The van der Waals surface area contributed by atoms with Gasteiger partial charge in [-0.25, -0.2) is 14.2 Å². The van der Waals surface area contributed by atoms with Crippen molar-refractivity contribution in [2.24, 2.45) is 0 Å². The monoisotopic (exact) mass is 472 g/mol. The van der Waals surface area contributed by atoms with E-state index in [4.69, 9.17) is 17.0 Å². The first kappa shape index (κ1) is 22.1. The number of carboxylic acid groups (broad SMARTS) is 1. The van der Waals surface area contributed by atoms with Crippen molar-refractivity contribution in [3.63, 3.8) is 0 Å². The molecule has 0 amide bonds. The summed E-state index contributed by atoms with van der Waals surface area (Å²) >= 11 is 6.91. The fraction of sp³-hybridized carbons (Fsp3) is 0.273. The lowest BCUT2D eigenvalue weighted by atomic mass is 9.80. The van der Waals surface area contributed by atoms with Gasteiger partial charge in [-0.05, 0) is 66.4 Å². The summed E-state index contributed by atoms with van der Waals surface area (Å²) in [6, 6.07) is 9.89. The van der Waals surface area contributed by atoms with Gasteiger partial charge >= 0.3 is 5.97 Å². The highest BCUT2D eigenvalue weighted by atomic mass is 32.1. The summed E-state index contributed by atoms with van der Waals surface area (Å²) in [5, 5.41) is 13.7. The summed E-state index contributed by atoms with van der Waals surface area (Å²) < 4.78 is 23.8. The number of aromatic nitrogens is 2. The summed E-state index contributed by atoms with van der Waals surface area (Å²) in [7, 11) is 1.51. The predicted octanol–water partition coefficient (Wildman–Crippen LogP) is 4.08. The molecule has 2 heterocycles. The zero-order valence-electron chi connectivity index (χ0n) is 17.5. The van der Waals surface area contributed by atoms with Crippen LogP contribution in [0.15, 0.2) is 42.7 Å². The molecule has 0 spiro atoms. The summed E-state index contributed by atoms with van der Waals surface area (Å²) in [5.74, 6) is -0.828. The zero-order valence-corrected chi connectivity index (χ0v) is 19.1. The molecular formula is C22H21FN4O3S2. The molecular weight excluding hydrogens is 451 g/mol. The van der Waals surface area contributed by atoms with Crippen molar-refractivity contribution in [1.82, 2.24) is 14.3 Å². The molecule has 0 radical (unpaired) electrons. The first-order valence-corrected chi connectivity index (χ1v) is 11.0. The smallest absolute Gasteiger partial charge is 0.337 e. The van der Waals surface area contributed by atoms with Gasteiger partial charge in [0.1, 0.15) is 22.9 Å². The van der Waals surface area contributed by atoms with Crippen molar-refractivity contribution in [2.45, 2.75) is 18.8 Å². The van der Waals surface area contributed by atoms with Crippen LogP contribution in [0.5, 0.6) is 5.75 Å². The quantitative estimate of drug-likeness (QED) is 0.537. The molecule has 1 atom stereocenters. The van der Waals surface area contributed by atoms with E-state index in [-0.39, 0.29) is 11.4 Å². The average Bonchev–Trinajstić information content (AvgIpc) is 3.46. The molecule has 1 aliphatic heterocycles. The van der Waals surface area contributed by atoms with Gasteiger partial charge in [0.15, 0.2) is 5.11 Å². The predicted molar refractivity (Wildman–Crippen MR) is 124 cm³/mol. The molecule has 1 fully saturated rings. The van der Waals surface area contributed by atoms with E-state index < -0.39 is 11.4 Å². The van der Waals surface area contributed by atoms with E-state index in [9.17, 15) is 14.3 Å². The Morgan fingerprint density at radius 2 is 2.16 bits per heavy atom. The number of ether oxygens (including phenoxy) is 1. The zero-order chi connectivity index (χ0) is 22.9. The number of carbonyl (C=O) groups is 1. The van der Waals surface area contributed by atoms with E-state index in [1.165, 1.54) is 31.0 Å². The van der Waals surface area contributed by atoms with Crippen LogP contribution in [0.1, 0.15) is 32.9 Å². The number of likely N-dealkylation sites (tertiary alicyclic amines) is 1. The number of rotatable bonds is 5. The van der Waals surface area contributed by atoms with Crippen LogP contribution in [0.25, 0.3) is 0 Å². The number of thiocarbonyl (C=S) groups is 1. The third-order valence-electron chi connectivity index (χ3n) is 5.75. The van der Waals surface area contributed by atoms with Crippen molar-refractivity contribution in [1.29, 1.82) is 0 Å². The van der Waals surface area contributed by atoms with Gasteiger partial charge in [-0.1, -0.05) is 12.1 Å². The molecule has 1 saturated heterocycles. The molecule has 7 nitrogen and oxygen atoms in total. The molecule has 10 heteroatoms. The van der Waals surface area contributed by atoms with E-state index in [1.807, 2.05) is 11.0 Å². The number of carboxylic acids is 1. The second-order valence-electron chi connectivity index (χ2n) is 7.61. The molecule has 166 valence electrons. The molecule has 1 aromatic heterocycles. The first-order valence-electron chi connectivity index (χ1n) is 9.85. The van der Waals surface area contributed by atoms with Gasteiger partial charge in [0.25, 0.3) is 0 Å². The SMILES string of the molecule is COc1ccc(C(=O)O)c(NC(=S)N2CC[C@](c3ccc(C)c(F)c3)(c3ncns3)C2)c1. The van der Waals surface area contributed by atoms with E-state index in [0.717, 1.165) is 10.6 Å². The van der Waals surface area contributed by atoms with Crippen LogP contribution >= 0.6 is 23.8 Å². The van der Waals surface area contributed by atoms with Gasteiger partial charge in [-0.15, -0.1) is 0 Å². The molecule has 4 rings (SSSR count). The number of aromatic carboxylic acids is 1. The Hall–Kier alpha value is -3.11. The highest BCUT2D eigenvalue weighted by Gasteiger charge is 2.44. The van der Waals surface area contributed by atoms with Crippen LogP contribution < -0.4 is 10.1 Å². The maximum absolute atomic E-state index is 14.4. The minimum absolute atomic E-state index is 0.0864. The lowest BCUT2D eigenvalue weighted by molar-refractivity contribution is 0.0698. The van der Waals surface area contributed by atoms with Crippen LogP contribution in [0.4, 0.5) is 10.1 Å². The molecule has 32 heavy (non-hydrogen) atoms. The lowest BCUT2D eigenvalue weighted by Crippen LogP contribution is -2.37.